The van der Waals surface area contributed by atoms with Crippen LogP contribution in [0.1, 0.15) is 20.1 Å². The van der Waals surface area contributed by atoms with Crippen molar-refractivity contribution < 1.29 is 33.0 Å². The highest BCUT2D eigenvalue weighted by atomic mass is 31.1. The minimum Gasteiger partial charge on any atom is -0.394 e. The Balaban J connectivity index is 2.04. The van der Waals surface area contributed by atoms with Crippen molar-refractivity contribution in [3.63, 3.8) is 0 Å². The molecular formula is C14H18FN5O7P+. The predicted molar refractivity (Wildman–Crippen MR) is 92.2 cm³/mol. The first-order valence-electron chi connectivity index (χ1n) is 8.24. The number of aromatic amines is 1. The van der Waals surface area contributed by atoms with Gasteiger partial charge >= 0.3 is 8.25 Å². The van der Waals surface area contributed by atoms with Crippen molar-refractivity contribution in [2.75, 3.05) is 11.9 Å². The van der Waals surface area contributed by atoms with Gasteiger partial charge in [0.1, 0.15) is 6.10 Å². The quantitative estimate of drug-likeness (QED) is 0.471. The number of carbonyl (C=O) groups is 1. The molecule has 0 aromatic carbocycles. The molecule has 1 amide bonds. The number of rotatable bonds is 6. The lowest BCUT2D eigenvalue weighted by atomic mass is 10.1. The molecule has 1 aliphatic heterocycles. The van der Waals surface area contributed by atoms with Crippen LogP contribution in [-0.4, -0.2) is 60.4 Å². The molecule has 3 unspecified atom stereocenters. The number of aromatic nitrogens is 4. The van der Waals surface area contributed by atoms with Crippen molar-refractivity contribution in [2.45, 2.75) is 38.5 Å². The number of alkyl halides is 1. The predicted octanol–water partition coefficient (Wildman–Crippen LogP) is -0.0232. The summed E-state index contributed by atoms with van der Waals surface area (Å²) in [6, 6.07) is 0. The number of aliphatic hydroxyl groups is 1. The minimum absolute atomic E-state index is 0.0691. The molecule has 152 valence electrons. The SMILES string of the molecule is CC(C)C(=O)Nc1nc2c(ncn2[C@@H]2O[C@H](CO)C(F)C2O[P+](=O)O)c(=O)[nH]1. The zero-order chi connectivity index (χ0) is 20.6. The first-order valence-corrected chi connectivity index (χ1v) is 9.37. The van der Waals surface area contributed by atoms with E-state index in [1.54, 1.807) is 13.8 Å². The van der Waals surface area contributed by atoms with E-state index in [1.807, 2.05) is 0 Å². The second-order valence-electron chi connectivity index (χ2n) is 6.38. The first kappa shape index (κ1) is 20.4. The van der Waals surface area contributed by atoms with Crippen LogP contribution in [-0.2, 0) is 18.6 Å². The molecule has 1 aliphatic rings. The molecule has 28 heavy (non-hydrogen) atoms. The highest BCUT2D eigenvalue weighted by Gasteiger charge is 2.51. The highest BCUT2D eigenvalue weighted by molar-refractivity contribution is 7.32. The number of nitrogens with one attached hydrogen (secondary N) is 2. The third-order valence-corrected chi connectivity index (χ3v) is 4.55. The summed E-state index contributed by atoms with van der Waals surface area (Å²) in [7, 11) is -3.17. The van der Waals surface area contributed by atoms with E-state index < -0.39 is 50.9 Å². The maximum atomic E-state index is 14.4. The molecule has 0 bridgehead atoms. The number of anilines is 1. The number of amides is 1. The maximum absolute atomic E-state index is 14.4. The lowest BCUT2D eigenvalue weighted by molar-refractivity contribution is -0.118. The van der Waals surface area contributed by atoms with Gasteiger partial charge in [-0.25, -0.2) is 9.37 Å². The van der Waals surface area contributed by atoms with Crippen LogP contribution >= 0.6 is 8.25 Å². The standard InChI is InChI=1S/C14H17FN5O7P/c1-5(2)11(22)18-14-17-10-8(12(23)19-14)16-4-20(10)13-9(27-28(24)25)7(15)6(3-21)26-13/h4-7,9,13,21H,3H2,1-2H3,(H2-,17,18,19,22,23,24,25)/p+1/t6-,7?,9?,13-/m1/s1. The Morgan fingerprint density at radius 2 is 2.29 bits per heavy atom. The Morgan fingerprint density at radius 3 is 2.89 bits per heavy atom. The summed E-state index contributed by atoms with van der Waals surface area (Å²) in [4.78, 5) is 43.5. The number of hydrogen-bond donors (Lipinski definition) is 4. The molecule has 3 heterocycles. The lowest BCUT2D eigenvalue weighted by Crippen LogP contribution is -2.30. The minimum atomic E-state index is -3.17. The Kier molecular flexibility index (Phi) is 5.82. The number of fused-ring (bicyclic) bond motifs is 1. The van der Waals surface area contributed by atoms with Gasteiger partial charge in [-0.15, -0.1) is 9.42 Å². The van der Waals surface area contributed by atoms with Gasteiger partial charge in [-0.3, -0.25) is 24.5 Å². The van der Waals surface area contributed by atoms with E-state index in [4.69, 9.17) is 14.2 Å². The first-order chi connectivity index (χ1) is 13.2. The smallest absolute Gasteiger partial charge is 0.394 e. The summed E-state index contributed by atoms with van der Waals surface area (Å²) >= 11 is 0. The lowest BCUT2D eigenvalue weighted by Gasteiger charge is -2.16. The zero-order valence-corrected chi connectivity index (χ0v) is 15.7. The van der Waals surface area contributed by atoms with Gasteiger partial charge in [0.2, 0.25) is 11.9 Å². The van der Waals surface area contributed by atoms with E-state index in [0.29, 0.717) is 0 Å². The fourth-order valence-electron chi connectivity index (χ4n) is 2.71. The highest BCUT2D eigenvalue weighted by Crippen LogP contribution is 2.39. The largest absolute Gasteiger partial charge is 0.695 e. The summed E-state index contributed by atoms with van der Waals surface area (Å²) in [6.07, 6.45) is -4.99. The number of H-pyrrole nitrogens is 1. The molecular weight excluding hydrogens is 400 g/mol. The van der Waals surface area contributed by atoms with E-state index in [-0.39, 0.29) is 23.0 Å². The molecule has 0 spiro atoms. The summed E-state index contributed by atoms with van der Waals surface area (Å²) in [5.41, 5.74) is -0.858. The van der Waals surface area contributed by atoms with Crippen molar-refractivity contribution in [1.29, 1.82) is 0 Å². The van der Waals surface area contributed by atoms with E-state index in [9.17, 15) is 23.7 Å². The van der Waals surface area contributed by atoms with Crippen LogP contribution in [0.15, 0.2) is 11.1 Å². The molecule has 3 rings (SSSR count). The van der Waals surface area contributed by atoms with Crippen LogP contribution in [0, 0.1) is 5.92 Å². The fourth-order valence-corrected chi connectivity index (χ4v) is 3.14. The normalized spacial score (nSPS) is 25.4. The van der Waals surface area contributed by atoms with Gasteiger partial charge in [0, 0.05) is 10.5 Å². The Morgan fingerprint density at radius 1 is 1.57 bits per heavy atom. The molecule has 12 nitrogen and oxygen atoms in total. The average Bonchev–Trinajstić information content (AvgIpc) is 3.16. The zero-order valence-electron chi connectivity index (χ0n) is 14.8. The van der Waals surface area contributed by atoms with Crippen LogP contribution in [0.5, 0.6) is 0 Å². The second-order valence-corrected chi connectivity index (χ2v) is 7.07. The third kappa shape index (κ3) is 3.80. The number of ether oxygens (including phenoxy) is 1. The van der Waals surface area contributed by atoms with Crippen molar-refractivity contribution in [3.05, 3.63) is 16.7 Å². The van der Waals surface area contributed by atoms with Crippen LogP contribution < -0.4 is 10.9 Å². The maximum Gasteiger partial charge on any atom is 0.695 e. The van der Waals surface area contributed by atoms with Crippen molar-refractivity contribution in [2.24, 2.45) is 5.92 Å². The molecule has 0 aliphatic carbocycles. The van der Waals surface area contributed by atoms with Gasteiger partial charge in [-0.05, 0) is 0 Å². The van der Waals surface area contributed by atoms with Crippen molar-refractivity contribution in [1.82, 2.24) is 19.5 Å². The van der Waals surface area contributed by atoms with Gasteiger partial charge in [0.25, 0.3) is 5.56 Å². The van der Waals surface area contributed by atoms with Gasteiger partial charge in [0.05, 0.1) is 12.9 Å². The molecule has 4 N–H and O–H groups in total. The number of aliphatic hydroxyl groups excluding tert-OH is 1. The summed E-state index contributed by atoms with van der Waals surface area (Å²) in [5.74, 6) is -0.925. The van der Waals surface area contributed by atoms with Crippen molar-refractivity contribution >= 4 is 31.3 Å². The molecule has 1 fully saturated rings. The molecule has 2 aromatic heterocycles. The van der Waals surface area contributed by atoms with Crippen LogP contribution in [0.4, 0.5) is 10.3 Å². The molecule has 14 heteroatoms. The van der Waals surface area contributed by atoms with E-state index in [0.717, 1.165) is 10.9 Å². The third-order valence-electron chi connectivity index (χ3n) is 4.13. The number of imidazole rings is 1. The number of hydrogen-bond acceptors (Lipinski definition) is 8. The van der Waals surface area contributed by atoms with Gasteiger partial charge in [0.15, 0.2) is 29.7 Å². The second kappa shape index (κ2) is 7.97. The van der Waals surface area contributed by atoms with Crippen LogP contribution in [0.25, 0.3) is 11.2 Å². The molecule has 2 aromatic rings. The molecule has 1 saturated heterocycles. The van der Waals surface area contributed by atoms with Crippen LogP contribution in [0.3, 0.4) is 0 Å². The van der Waals surface area contributed by atoms with Crippen LogP contribution in [0.2, 0.25) is 0 Å². The molecule has 0 saturated carbocycles. The fraction of sp³-hybridized carbons (Fsp3) is 0.571. The van der Waals surface area contributed by atoms with E-state index in [2.05, 4.69) is 20.3 Å². The average molecular weight is 418 g/mol. The van der Waals surface area contributed by atoms with Crippen molar-refractivity contribution in [3.8, 4) is 0 Å². The monoisotopic (exact) mass is 418 g/mol. The molecule has 5 atom stereocenters. The van der Waals surface area contributed by atoms with Gasteiger partial charge < -0.3 is 9.84 Å². The Bertz CT molecular complexity index is 963. The number of carbonyl (C=O) groups excluding carboxylic acids is 1. The van der Waals surface area contributed by atoms with E-state index >= 15 is 0 Å². The topological polar surface area (TPSA) is 169 Å². The summed E-state index contributed by atoms with van der Waals surface area (Å²) in [5, 5.41) is 11.7. The summed E-state index contributed by atoms with van der Waals surface area (Å²) < 4.78 is 36.8. The number of nitrogens with zero attached hydrogens (tertiary/aromatic N) is 3. The Labute approximate surface area is 157 Å². The Hall–Kier alpha value is -2.31. The van der Waals surface area contributed by atoms with Gasteiger partial charge in [-0.2, -0.15) is 4.98 Å². The van der Waals surface area contributed by atoms with Gasteiger partial charge in [-0.1, -0.05) is 13.8 Å². The molecule has 0 radical (unpaired) electrons. The summed E-state index contributed by atoms with van der Waals surface area (Å²) in [6.45, 7) is 2.60. The number of halogens is 1. The van der Waals surface area contributed by atoms with E-state index in [1.165, 1.54) is 0 Å².